The van der Waals surface area contributed by atoms with Crippen molar-refractivity contribution in [1.82, 2.24) is 5.27 Å². The molecule has 0 amide bonds. The monoisotopic (exact) mass is 201 g/mol. The van der Waals surface area contributed by atoms with Crippen LogP contribution in [-0.4, -0.2) is 0 Å². The summed E-state index contributed by atoms with van der Waals surface area (Å²) in [5, 5.41) is 11.1. The molecule has 76 valence electrons. The van der Waals surface area contributed by atoms with Crippen molar-refractivity contribution in [3.63, 3.8) is 0 Å². The van der Waals surface area contributed by atoms with Gasteiger partial charge in [-0.25, -0.2) is 4.68 Å². The van der Waals surface area contributed by atoms with Crippen molar-refractivity contribution in [2.75, 3.05) is 0 Å². The average Bonchev–Trinajstić information content (AvgIpc) is 2.58. The van der Waals surface area contributed by atoms with Gasteiger partial charge in [0.25, 0.3) is 11.2 Å². The van der Waals surface area contributed by atoms with Crippen molar-refractivity contribution < 1.29 is 9.20 Å². The van der Waals surface area contributed by atoms with E-state index < -0.39 is 0 Å². The quantitative estimate of drug-likeness (QED) is 0.727. The third-order valence-electron chi connectivity index (χ3n) is 2.07. The maximum atomic E-state index is 7.46. The van der Waals surface area contributed by atoms with Gasteiger partial charge in [0.1, 0.15) is 7.05 Å². The molecule has 0 aliphatic heterocycles. The SMILES string of the molecule is C[n+]1[n-]oc(=N)c1/C=C/c1ccccc1. The van der Waals surface area contributed by atoms with Crippen LogP contribution in [0.4, 0.5) is 0 Å². The highest BCUT2D eigenvalue weighted by molar-refractivity contribution is 5.66. The van der Waals surface area contributed by atoms with Crippen molar-refractivity contribution >= 4 is 12.2 Å². The molecule has 15 heavy (non-hydrogen) atoms. The van der Waals surface area contributed by atoms with E-state index in [4.69, 9.17) is 9.93 Å². The molecule has 2 aromatic rings. The van der Waals surface area contributed by atoms with Gasteiger partial charge in [-0.05, 0) is 11.6 Å². The molecule has 0 bridgehead atoms. The topological polar surface area (TPSA) is 55.0 Å². The molecule has 1 N–H and O–H groups in total. The number of aromatic nitrogens is 2. The third-order valence-corrected chi connectivity index (χ3v) is 2.07. The van der Waals surface area contributed by atoms with Crippen molar-refractivity contribution in [1.29, 1.82) is 5.41 Å². The lowest BCUT2D eigenvalue weighted by Gasteiger charge is -1.90. The van der Waals surface area contributed by atoms with Gasteiger partial charge >= 0.3 is 0 Å². The first-order valence-corrected chi connectivity index (χ1v) is 4.58. The summed E-state index contributed by atoms with van der Waals surface area (Å²) >= 11 is 0. The minimum absolute atomic E-state index is 0.0738. The van der Waals surface area contributed by atoms with E-state index >= 15 is 0 Å². The van der Waals surface area contributed by atoms with E-state index in [1.807, 2.05) is 42.5 Å². The Hall–Kier alpha value is -2.10. The van der Waals surface area contributed by atoms with Crippen LogP contribution in [0.15, 0.2) is 34.9 Å². The Morgan fingerprint density at radius 1 is 1.27 bits per heavy atom. The van der Waals surface area contributed by atoms with Crippen molar-refractivity contribution in [2.24, 2.45) is 7.05 Å². The number of rotatable bonds is 2. The summed E-state index contributed by atoms with van der Waals surface area (Å²) in [6.45, 7) is 0. The highest BCUT2D eigenvalue weighted by atomic mass is 16.5. The molecule has 4 nitrogen and oxygen atoms in total. The third kappa shape index (κ3) is 2.04. The van der Waals surface area contributed by atoms with Crippen molar-refractivity contribution in [3.05, 3.63) is 47.1 Å². The molecule has 0 spiro atoms. The van der Waals surface area contributed by atoms with Crippen LogP contribution in [0.2, 0.25) is 0 Å². The second kappa shape index (κ2) is 3.96. The van der Waals surface area contributed by atoms with E-state index in [1.165, 1.54) is 4.68 Å². The summed E-state index contributed by atoms with van der Waals surface area (Å²) in [6, 6.07) is 9.89. The maximum Gasteiger partial charge on any atom is 0.273 e. The predicted octanol–water partition coefficient (Wildman–Crippen LogP) is 0.711. The summed E-state index contributed by atoms with van der Waals surface area (Å²) in [6.07, 6.45) is 3.73. The van der Waals surface area contributed by atoms with E-state index in [-0.39, 0.29) is 5.55 Å². The number of nitrogens with zero attached hydrogens (tertiary/aromatic N) is 2. The second-order valence-electron chi connectivity index (χ2n) is 3.15. The molecule has 1 aromatic heterocycles. The molecule has 0 saturated carbocycles. The Morgan fingerprint density at radius 2 is 2.00 bits per heavy atom. The van der Waals surface area contributed by atoms with Gasteiger partial charge in [-0.1, -0.05) is 30.3 Å². The van der Waals surface area contributed by atoms with Crippen molar-refractivity contribution in [3.8, 4) is 0 Å². The number of aryl methyl sites for hydroxylation is 1. The van der Waals surface area contributed by atoms with E-state index in [2.05, 4.69) is 5.27 Å². The van der Waals surface area contributed by atoms with Gasteiger partial charge in [-0.3, -0.25) is 10.7 Å². The average molecular weight is 201 g/mol. The number of hydrogen-bond acceptors (Lipinski definition) is 2. The fourth-order valence-corrected chi connectivity index (χ4v) is 1.26. The van der Waals surface area contributed by atoms with Crippen LogP contribution in [0.3, 0.4) is 0 Å². The number of benzene rings is 1. The van der Waals surface area contributed by atoms with Gasteiger partial charge in [-0.15, -0.1) is 0 Å². The zero-order valence-corrected chi connectivity index (χ0v) is 8.34. The second-order valence-corrected chi connectivity index (χ2v) is 3.15. The fraction of sp³-hybridized carbons (Fsp3) is 0.0909. The van der Waals surface area contributed by atoms with Crippen LogP contribution >= 0.6 is 0 Å². The van der Waals surface area contributed by atoms with Crippen LogP contribution in [0.1, 0.15) is 11.3 Å². The predicted molar refractivity (Wildman–Crippen MR) is 54.4 cm³/mol. The Morgan fingerprint density at radius 3 is 2.60 bits per heavy atom. The van der Waals surface area contributed by atoms with Gasteiger partial charge in [0.2, 0.25) is 0 Å². The normalized spacial score (nSPS) is 11.0. The first-order valence-electron chi connectivity index (χ1n) is 4.58. The molecule has 1 aromatic carbocycles. The lowest BCUT2D eigenvalue weighted by atomic mass is 10.2. The van der Waals surface area contributed by atoms with Gasteiger partial charge in [0.05, 0.1) is 0 Å². The molecule has 1 heterocycles. The standard InChI is InChI=1S/C11H11N3O/c1-14-10(11(12)15-13-14)8-7-9-5-3-2-4-6-9/h2-8,12H,1H3/b8-7+,12-11?. The molecular weight excluding hydrogens is 190 g/mol. The van der Waals surface area contributed by atoms with Gasteiger partial charge in [0, 0.05) is 6.08 Å². The molecule has 0 saturated heterocycles. The molecule has 0 radical (unpaired) electrons. The minimum atomic E-state index is 0.0738. The largest absolute Gasteiger partial charge is 0.487 e. The van der Waals surface area contributed by atoms with Crippen molar-refractivity contribution in [2.45, 2.75) is 0 Å². The number of hydrogen-bond donors (Lipinski definition) is 1. The van der Waals surface area contributed by atoms with Gasteiger partial charge < -0.3 is 4.52 Å². The van der Waals surface area contributed by atoms with Crippen LogP contribution in [0, 0.1) is 5.41 Å². The summed E-state index contributed by atoms with van der Waals surface area (Å²) in [5.74, 6) is 0. The lowest BCUT2D eigenvalue weighted by molar-refractivity contribution is -0.746. The maximum absolute atomic E-state index is 7.46. The first kappa shape index (κ1) is 9.45. The van der Waals surface area contributed by atoms with Crippen LogP contribution in [-0.2, 0) is 7.05 Å². The Labute approximate surface area is 86.9 Å². The first-order chi connectivity index (χ1) is 7.27. The molecule has 0 atom stereocenters. The Kier molecular flexibility index (Phi) is 2.49. The molecule has 2 rings (SSSR count). The highest BCUT2D eigenvalue weighted by Gasteiger charge is 2.02. The van der Waals surface area contributed by atoms with Gasteiger partial charge in [0.15, 0.2) is 0 Å². The fourth-order valence-electron chi connectivity index (χ4n) is 1.26. The van der Waals surface area contributed by atoms with E-state index in [1.54, 1.807) is 7.05 Å². The molecular formula is C11H11N3O. The molecule has 0 unspecified atom stereocenters. The Bertz CT molecular complexity index is 522. The summed E-state index contributed by atoms with van der Waals surface area (Å²) in [7, 11) is 1.74. The summed E-state index contributed by atoms with van der Waals surface area (Å²) < 4.78 is 6.24. The zero-order chi connectivity index (χ0) is 10.7. The molecule has 0 fully saturated rings. The molecule has 4 heteroatoms. The van der Waals surface area contributed by atoms with Crippen LogP contribution in [0.5, 0.6) is 0 Å². The Balaban J connectivity index is 2.30. The lowest BCUT2D eigenvalue weighted by Crippen LogP contribution is -2.36. The van der Waals surface area contributed by atoms with Crippen LogP contribution in [0.25, 0.3) is 12.2 Å². The smallest absolute Gasteiger partial charge is 0.273 e. The minimum Gasteiger partial charge on any atom is -0.487 e. The van der Waals surface area contributed by atoms with E-state index in [9.17, 15) is 0 Å². The summed E-state index contributed by atoms with van der Waals surface area (Å²) in [5.41, 5.74) is 1.81. The zero-order valence-electron chi connectivity index (χ0n) is 8.34. The number of nitrogens with one attached hydrogen (secondary N) is 1. The van der Waals surface area contributed by atoms with Gasteiger partial charge in [-0.2, -0.15) is 0 Å². The molecule has 0 aliphatic carbocycles. The van der Waals surface area contributed by atoms with Crippen LogP contribution < -0.4 is 15.5 Å². The molecule has 0 aliphatic rings. The summed E-state index contributed by atoms with van der Waals surface area (Å²) in [4.78, 5) is 0. The van der Waals surface area contributed by atoms with E-state index in [0.29, 0.717) is 5.69 Å². The highest BCUT2D eigenvalue weighted by Crippen LogP contribution is 2.02. The van der Waals surface area contributed by atoms with E-state index in [0.717, 1.165) is 5.56 Å².